The van der Waals surface area contributed by atoms with E-state index in [1.165, 1.54) is 0 Å². The molecule has 0 fully saturated rings. The zero-order valence-electron chi connectivity index (χ0n) is 2.45. The Hall–Kier alpha value is 3.45. The molecule has 0 amide bonds. The average molecular weight is 448 g/mol. The van der Waals surface area contributed by atoms with E-state index in [4.69, 9.17) is 0 Å². The van der Waals surface area contributed by atoms with Gasteiger partial charge in [-0.2, -0.15) is 0 Å². The summed E-state index contributed by atoms with van der Waals surface area (Å²) in [5.41, 5.74) is 0. The van der Waals surface area contributed by atoms with Crippen molar-refractivity contribution < 1.29 is 84.3 Å². The molecule has 0 aromatic rings. The van der Waals surface area contributed by atoms with Gasteiger partial charge in [0.05, 0.1) is 0 Å². The maximum Gasteiger partial charge on any atom is 0 e. The van der Waals surface area contributed by atoms with E-state index >= 15 is 0 Å². The van der Waals surface area contributed by atoms with Crippen LogP contribution in [-0.2, 0) is 108 Å². The SMILES string of the molecule is [Mo].[Mo].[Mo].[Mo].[S-][S-]. The molecule has 0 spiro atoms. The quantitative estimate of drug-likeness (QED) is 0.291. The monoisotopic (exact) mass is 456 g/mol. The van der Waals surface area contributed by atoms with Gasteiger partial charge < -0.3 is 23.3 Å². The van der Waals surface area contributed by atoms with E-state index in [1.54, 1.807) is 0 Å². The molecule has 0 N–H and O–H groups in total. The third-order valence-corrected chi connectivity index (χ3v) is 0. The van der Waals surface area contributed by atoms with Crippen LogP contribution in [0, 0.1) is 0 Å². The van der Waals surface area contributed by atoms with Gasteiger partial charge in [-0.3, -0.25) is 0 Å². The van der Waals surface area contributed by atoms with Crippen molar-refractivity contribution >= 4 is 23.3 Å². The minimum atomic E-state index is 0. The molecule has 0 nitrogen and oxygen atoms in total. The van der Waals surface area contributed by atoms with E-state index in [9.17, 15) is 0 Å². The topological polar surface area (TPSA) is 0 Å². The maximum atomic E-state index is 3.67. The molecule has 0 radical (unpaired) electrons. The Kier molecular flexibility index (Phi) is 224. The van der Waals surface area contributed by atoms with Crippen LogP contribution in [-0.4, -0.2) is 0 Å². The smallest absolute Gasteiger partial charge is 0 e. The first-order valence-electron chi connectivity index (χ1n) is 0.167. The van der Waals surface area contributed by atoms with E-state index in [2.05, 4.69) is 23.3 Å². The van der Waals surface area contributed by atoms with E-state index in [0.717, 1.165) is 0 Å². The van der Waals surface area contributed by atoms with Gasteiger partial charge in [0.25, 0.3) is 0 Å². The van der Waals surface area contributed by atoms with E-state index < -0.39 is 0 Å². The molecule has 0 heterocycles. The summed E-state index contributed by atoms with van der Waals surface area (Å²) in [5.74, 6) is 0. The van der Waals surface area contributed by atoms with Gasteiger partial charge in [-0.1, -0.05) is 0 Å². The number of hydrogen-bond donors (Lipinski definition) is 0. The van der Waals surface area contributed by atoms with Crippen molar-refractivity contribution in [2.24, 2.45) is 0 Å². The Labute approximate surface area is 106 Å². The molecule has 0 unspecified atom stereocenters. The third kappa shape index (κ3) is 26.0. The second kappa shape index (κ2) is 39.4. The summed E-state index contributed by atoms with van der Waals surface area (Å²) in [6.45, 7) is 0. The summed E-state index contributed by atoms with van der Waals surface area (Å²) >= 11 is 7.33. The van der Waals surface area contributed by atoms with Gasteiger partial charge in [-0.05, 0) is 0 Å². The number of hydrogen-bond acceptors (Lipinski definition) is 2. The molecule has 38 valence electrons. The Morgan fingerprint density at radius 3 is 0.500 bits per heavy atom. The third-order valence-electron chi connectivity index (χ3n) is 0. The second-order valence-electron chi connectivity index (χ2n) is 0. The first kappa shape index (κ1) is 34.1. The molecule has 0 aromatic heterocycles. The normalized spacial score (nSPS) is 1.00. The molecule has 0 bridgehead atoms. The summed E-state index contributed by atoms with van der Waals surface area (Å²) in [6, 6.07) is 0. The van der Waals surface area contributed by atoms with Gasteiger partial charge in [-0.15, -0.1) is 0 Å². The Balaban J connectivity index is -0.000000000833. The fourth-order valence-electron chi connectivity index (χ4n) is 0. The van der Waals surface area contributed by atoms with Crippen molar-refractivity contribution in [1.82, 2.24) is 0 Å². The average Bonchev–Trinajstić information content (AvgIpc) is 1.00. The molecule has 0 aliphatic rings. The van der Waals surface area contributed by atoms with Crippen LogP contribution in [0.1, 0.15) is 0 Å². The van der Waals surface area contributed by atoms with Crippen molar-refractivity contribution in [3.8, 4) is 0 Å². The van der Waals surface area contributed by atoms with Gasteiger partial charge >= 0.3 is 0 Å². The standard InChI is InChI=1S/4Mo.S2/c;;;;1-2/q;;;;-2. The van der Waals surface area contributed by atoms with Crippen LogP contribution < -0.4 is 0 Å². The summed E-state index contributed by atoms with van der Waals surface area (Å²) in [5, 5.41) is 0. The van der Waals surface area contributed by atoms with Crippen molar-refractivity contribution in [1.29, 1.82) is 0 Å². The summed E-state index contributed by atoms with van der Waals surface area (Å²) in [4.78, 5) is 0. The first-order chi connectivity index (χ1) is 1.00. The van der Waals surface area contributed by atoms with E-state index in [-0.39, 0.29) is 84.3 Å². The maximum absolute atomic E-state index is 3.67. The van der Waals surface area contributed by atoms with Crippen LogP contribution in [0.25, 0.3) is 0 Å². The van der Waals surface area contributed by atoms with E-state index in [1.807, 2.05) is 0 Å². The molecule has 6 heteroatoms. The molecule has 0 saturated carbocycles. The van der Waals surface area contributed by atoms with Gasteiger partial charge in [-0.25, -0.2) is 0 Å². The fraction of sp³-hybridized carbons (Fsp3) is 0. The summed E-state index contributed by atoms with van der Waals surface area (Å²) in [7, 11) is 0. The number of rotatable bonds is 0. The summed E-state index contributed by atoms with van der Waals surface area (Å²) < 4.78 is 0. The second-order valence-corrected chi connectivity index (χ2v) is 0. The van der Waals surface area contributed by atoms with Gasteiger partial charge in [0.15, 0.2) is 0 Å². The molecule has 0 saturated heterocycles. The van der Waals surface area contributed by atoms with Crippen molar-refractivity contribution in [2.75, 3.05) is 0 Å². The van der Waals surface area contributed by atoms with E-state index in [0.29, 0.717) is 0 Å². The van der Waals surface area contributed by atoms with Crippen molar-refractivity contribution in [3.63, 3.8) is 0 Å². The van der Waals surface area contributed by atoms with Crippen LogP contribution in [0.3, 0.4) is 0 Å². The fourth-order valence-corrected chi connectivity index (χ4v) is 0. The predicted octanol–water partition coefficient (Wildman–Crippen LogP) is -0.0148. The predicted molar refractivity (Wildman–Crippen MR) is 14.7 cm³/mol. The molecule has 6 heavy (non-hydrogen) atoms. The molecule has 0 aromatic carbocycles. The minimum Gasteiger partial charge on any atom is -1.00 e. The van der Waals surface area contributed by atoms with Crippen LogP contribution in [0.15, 0.2) is 0 Å². The minimum absolute atomic E-state index is 0. The first-order valence-corrected chi connectivity index (χ1v) is 1.50. The van der Waals surface area contributed by atoms with Crippen molar-refractivity contribution in [3.05, 3.63) is 0 Å². The van der Waals surface area contributed by atoms with Gasteiger partial charge in [0.1, 0.15) is 0 Å². The zero-order valence-corrected chi connectivity index (χ0v) is 12.1. The zero-order chi connectivity index (χ0) is 2.00. The van der Waals surface area contributed by atoms with Gasteiger partial charge in [0, 0.05) is 84.3 Å². The molecular formula is Mo4S2-2. The van der Waals surface area contributed by atoms with Crippen LogP contribution in [0.5, 0.6) is 0 Å². The molecule has 0 atom stereocenters. The largest absolute Gasteiger partial charge is 1.00 e. The van der Waals surface area contributed by atoms with Crippen molar-refractivity contribution in [2.45, 2.75) is 0 Å². The van der Waals surface area contributed by atoms with Crippen LogP contribution in [0.4, 0.5) is 0 Å². The van der Waals surface area contributed by atoms with Crippen LogP contribution >= 0.6 is 0 Å². The molecule has 0 rings (SSSR count). The van der Waals surface area contributed by atoms with Gasteiger partial charge in [0.2, 0.25) is 0 Å². The molecular weight excluding hydrogens is 448 g/mol. The Morgan fingerprint density at radius 2 is 0.500 bits per heavy atom. The Morgan fingerprint density at radius 1 is 0.500 bits per heavy atom. The van der Waals surface area contributed by atoms with Crippen LogP contribution in [0.2, 0.25) is 0 Å². The molecule has 0 aliphatic heterocycles. The summed E-state index contributed by atoms with van der Waals surface area (Å²) in [6.07, 6.45) is 0. The Bertz CT molecular complexity index is 5.51. The molecule has 0 aliphatic carbocycles.